The first-order chi connectivity index (χ1) is 13.6. The third-order valence-electron chi connectivity index (χ3n) is 4.12. The minimum atomic E-state index is -0.521. The quantitative estimate of drug-likeness (QED) is 0.408. The minimum Gasteiger partial charge on any atom is -0.465 e. The van der Waals surface area contributed by atoms with Crippen molar-refractivity contribution in [1.29, 1.82) is 0 Å². The van der Waals surface area contributed by atoms with Crippen molar-refractivity contribution < 1.29 is 23.7 Å². The molecule has 0 aliphatic carbocycles. The van der Waals surface area contributed by atoms with Crippen LogP contribution in [0.5, 0.6) is 0 Å². The van der Waals surface area contributed by atoms with Gasteiger partial charge in [0.2, 0.25) is 6.54 Å². The predicted molar refractivity (Wildman–Crippen MR) is 103 cm³/mol. The Kier molecular flexibility index (Phi) is 5.91. The molecule has 0 spiro atoms. The maximum absolute atomic E-state index is 12.4. The second-order valence-corrected chi connectivity index (χ2v) is 6.04. The molecule has 0 saturated heterocycles. The van der Waals surface area contributed by atoms with E-state index in [4.69, 9.17) is 4.74 Å². The molecule has 1 heterocycles. The first-order valence-electron chi connectivity index (χ1n) is 8.64. The Labute approximate surface area is 162 Å². The van der Waals surface area contributed by atoms with Gasteiger partial charge in [-0.2, -0.15) is 4.57 Å². The number of hydrogen-bond acceptors (Lipinski definition) is 4. The van der Waals surface area contributed by atoms with Crippen molar-refractivity contribution in [2.75, 3.05) is 12.4 Å². The van der Waals surface area contributed by atoms with Crippen LogP contribution < -0.4 is 9.88 Å². The molecule has 0 atom stereocenters. The summed E-state index contributed by atoms with van der Waals surface area (Å²) >= 11 is 0. The number of methoxy groups -OCH3 is 1. The molecule has 0 aliphatic heterocycles. The van der Waals surface area contributed by atoms with Crippen LogP contribution in [0.15, 0.2) is 79.1 Å². The number of nitrogens with one attached hydrogen (secondary N) is 1. The van der Waals surface area contributed by atoms with Gasteiger partial charge in [-0.3, -0.25) is 9.59 Å². The molecule has 0 bridgehead atoms. The number of pyridine rings is 1. The van der Waals surface area contributed by atoms with Crippen LogP contribution in [0.25, 0.3) is 0 Å². The molecule has 1 N–H and O–H groups in total. The SMILES string of the molecule is COC(=O)c1ccccc1NC(=O)C[n+]1ccc(C(=O)c2ccccc2)cc1. The fraction of sp³-hybridized carbons (Fsp3) is 0.0909. The Hall–Kier alpha value is -3.80. The van der Waals surface area contributed by atoms with Crippen molar-refractivity contribution in [2.45, 2.75) is 6.54 Å². The van der Waals surface area contributed by atoms with Gasteiger partial charge in [0, 0.05) is 23.3 Å². The summed E-state index contributed by atoms with van der Waals surface area (Å²) in [4.78, 5) is 36.5. The highest BCUT2D eigenvalue weighted by atomic mass is 16.5. The van der Waals surface area contributed by atoms with E-state index < -0.39 is 5.97 Å². The van der Waals surface area contributed by atoms with Gasteiger partial charge in [0.25, 0.3) is 5.91 Å². The van der Waals surface area contributed by atoms with Crippen LogP contribution in [0.4, 0.5) is 5.69 Å². The molecule has 1 aromatic heterocycles. The number of para-hydroxylation sites is 1. The zero-order valence-corrected chi connectivity index (χ0v) is 15.3. The average Bonchev–Trinajstić information content (AvgIpc) is 2.74. The number of aromatic nitrogens is 1. The van der Waals surface area contributed by atoms with Crippen molar-refractivity contribution in [2.24, 2.45) is 0 Å². The Bertz CT molecular complexity index is 999. The summed E-state index contributed by atoms with van der Waals surface area (Å²) in [5, 5.41) is 2.71. The van der Waals surface area contributed by atoms with E-state index in [9.17, 15) is 14.4 Å². The number of esters is 1. The molecule has 2 aromatic carbocycles. The van der Waals surface area contributed by atoms with Crippen LogP contribution in [0.2, 0.25) is 0 Å². The summed E-state index contributed by atoms with van der Waals surface area (Å²) < 4.78 is 6.37. The maximum atomic E-state index is 12.4. The van der Waals surface area contributed by atoms with Crippen molar-refractivity contribution >= 4 is 23.3 Å². The molecule has 0 fully saturated rings. The van der Waals surface area contributed by atoms with E-state index in [1.807, 2.05) is 18.2 Å². The molecule has 3 rings (SSSR count). The van der Waals surface area contributed by atoms with Crippen molar-refractivity contribution in [1.82, 2.24) is 0 Å². The topological polar surface area (TPSA) is 76.3 Å². The molecule has 1 amide bonds. The summed E-state index contributed by atoms with van der Waals surface area (Å²) in [6, 6.07) is 19.0. The molecular formula is C22H19N2O4+. The molecule has 0 saturated carbocycles. The molecule has 140 valence electrons. The van der Waals surface area contributed by atoms with Crippen molar-refractivity contribution in [3.63, 3.8) is 0 Å². The van der Waals surface area contributed by atoms with Crippen LogP contribution in [0.1, 0.15) is 26.3 Å². The number of amides is 1. The first-order valence-corrected chi connectivity index (χ1v) is 8.64. The largest absolute Gasteiger partial charge is 0.465 e. The number of nitrogens with zero attached hydrogens (tertiary/aromatic N) is 1. The molecule has 0 aliphatic rings. The Balaban J connectivity index is 1.67. The molecule has 6 nitrogen and oxygen atoms in total. The number of ether oxygens (including phenoxy) is 1. The second-order valence-electron chi connectivity index (χ2n) is 6.04. The van der Waals surface area contributed by atoms with E-state index >= 15 is 0 Å². The lowest BCUT2D eigenvalue weighted by Crippen LogP contribution is -2.39. The smallest absolute Gasteiger partial charge is 0.339 e. The van der Waals surface area contributed by atoms with Crippen LogP contribution in [-0.2, 0) is 16.1 Å². The Morgan fingerprint density at radius 2 is 1.46 bits per heavy atom. The summed E-state index contributed by atoms with van der Waals surface area (Å²) in [5.74, 6) is -0.903. The zero-order chi connectivity index (χ0) is 19.9. The van der Waals surface area contributed by atoms with Crippen LogP contribution in [0.3, 0.4) is 0 Å². The number of carbonyl (C=O) groups excluding carboxylic acids is 3. The lowest BCUT2D eigenvalue weighted by molar-refractivity contribution is -0.684. The molecule has 28 heavy (non-hydrogen) atoms. The second kappa shape index (κ2) is 8.73. The standard InChI is InChI=1S/C22H18N2O4/c1-28-22(27)18-9-5-6-10-19(18)23-20(25)15-24-13-11-17(12-14-24)21(26)16-7-3-2-4-8-16/h2-14H,15H2,1H3/p+1. The van der Waals surface area contributed by atoms with E-state index in [1.165, 1.54) is 7.11 Å². The fourth-order valence-corrected chi connectivity index (χ4v) is 2.71. The molecule has 0 unspecified atom stereocenters. The van der Waals surface area contributed by atoms with E-state index in [2.05, 4.69) is 5.32 Å². The van der Waals surface area contributed by atoms with E-state index in [-0.39, 0.29) is 23.8 Å². The van der Waals surface area contributed by atoms with Gasteiger partial charge in [-0.1, -0.05) is 42.5 Å². The monoisotopic (exact) mass is 375 g/mol. The highest BCUT2D eigenvalue weighted by Gasteiger charge is 2.16. The normalized spacial score (nSPS) is 10.2. The third-order valence-corrected chi connectivity index (χ3v) is 4.12. The zero-order valence-electron chi connectivity index (χ0n) is 15.3. The van der Waals surface area contributed by atoms with Gasteiger partial charge in [-0.05, 0) is 12.1 Å². The van der Waals surface area contributed by atoms with Gasteiger partial charge in [0.1, 0.15) is 0 Å². The number of hydrogen-bond donors (Lipinski definition) is 1. The summed E-state index contributed by atoms with van der Waals surface area (Å²) in [5.41, 5.74) is 1.82. The van der Waals surface area contributed by atoms with Gasteiger partial charge in [0.05, 0.1) is 18.4 Å². The van der Waals surface area contributed by atoms with Gasteiger partial charge in [-0.25, -0.2) is 4.79 Å². The van der Waals surface area contributed by atoms with Crippen molar-refractivity contribution in [3.8, 4) is 0 Å². The predicted octanol–water partition coefficient (Wildman–Crippen LogP) is 2.63. The van der Waals surface area contributed by atoms with E-state index in [0.717, 1.165) is 0 Å². The first kappa shape index (κ1) is 19.0. The number of benzene rings is 2. The van der Waals surface area contributed by atoms with Crippen molar-refractivity contribution in [3.05, 3.63) is 95.8 Å². The minimum absolute atomic E-state index is 0.0370. The fourth-order valence-electron chi connectivity index (χ4n) is 2.71. The van der Waals surface area contributed by atoms with E-state index in [1.54, 1.807) is 65.5 Å². The Morgan fingerprint density at radius 1 is 0.857 bits per heavy atom. The highest BCUT2D eigenvalue weighted by Crippen LogP contribution is 2.15. The average molecular weight is 375 g/mol. The molecule has 3 aromatic rings. The number of rotatable bonds is 6. The summed E-state index contributed by atoms with van der Waals surface area (Å²) in [6.07, 6.45) is 3.34. The lowest BCUT2D eigenvalue weighted by Gasteiger charge is -2.08. The Morgan fingerprint density at radius 3 is 2.14 bits per heavy atom. The van der Waals surface area contributed by atoms with Gasteiger partial charge in [-0.15, -0.1) is 0 Å². The molecule has 6 heteroatoms. The summed E-state index contributed by atoms with van der Waals surface area (Å²) in [6.45, 7) is 0.0370. The summed E-state index contributed by atoms with van der Waals surface area (Å²) in [7, 11) is 1.29. The molecular weight excluding hydrogens is 356 g/mol. The molecule has 0 radical (unpaired) electrons. The van der Waals surface area contributed by atoms with Crippen LogP contribution >= 0.6 is 0 Å². The number of ketones is 1. The van der Waals surface area contributed by atoms with Gasteiger partial charge < -0.3 is 10.1 Å². The van der Waals surface area contributed by atoms with Crippen LogP contribution in [0, 0.1) is 0 Å². The van der Waals surface area contributed by atoms with Gasteiger partial charge >= 0.3 is 5.97 Å². The number of anilines is 1. The lowest BCUT2D eigenvalue weighted by atomic mass is 10.0. The third kappa shape index (κ3) is 4.48. The van der Waals surface area contributed by atoms with E-state index in [0.29, 0.717) is 16.8 Å². The van der Waals surface area contributed by atoms with Crippen LogP contribution in [-0.4, -0.2) is 24.8 Å². The highest BCUT2D eigenvalue weighted by molar-refractivity contribution is 6.08. The van der Waals surface area contributed by atoms with Gasteiger partial charge in [0.15, 0.2) is 18.2 Å². The number of carbonyl (C=O) groups is 3. The maximum Gasteiger partial charge on any atom is 0.339 e.